The molecule has 3 aromatic rings. The van der Waals surface area contributed by atoms with Crippen LogP contribution in [-0.4, -0.2) is 46.5 Å². The van der Waals surface area contributed by atoms with Crippen LogP contribution in [0.3, 0.4) is 0 Å². The summed E-state index contributed by atoms with van der Waals surface area (Å²) in [5, 5.41) is 16.4. The summed E-state index contributed by atoms with van der Waals surface area (Å²) in [6.45, 7) is 1.89. The molecule has 10 heteroatoms. The zero-order valence-electron chi connectivity index (χ0n) is 11.7. The number of nitrogens with zero attached hydrogens (tertiary/aromatic N) is 8. The summed E-state index contributed by atoms with van der Waals surface area (Å²) >= 11 is 1.32. The number of hydrogen-bond donors (Lipinski definition) is 1. The van der Waals surface area contributed by atoms with Crippen molar-refractivity contribution in [3.63, 3.8) is 0 Å². The average molecular weight is 303 g/mol. The fourth-order valence-corrected chi connectivity index (χ4v) is 2.32. The van der Waals surface area contributed by atoms with Crippen LogP contribution in [0.2, 0.25) is 0 Å². The molecule has 0 aromatic carbocycles. The molecule has 3 heterocycles. The van der Waals surface area contributed by atoms with Crippen LogP contribution in [0.5, 0.6) is 0 Å². The average Bonchev–Trinajstić information content (AvgIpc) is 3.13. The number of aryl methyl sites for hydroxylation is 1. The van der Waals surface area contributed by atoms with E-state index in [9.17, 15) is 0 Å². The maximum Gasteiger partial charge on any atom is 0.256 e. The van der Waals surface area contributed by atoms with Gasteiger partial charge in [-0.15, -0.1) is 10.2 Å². The van der Waals surface area contributed by atoms with E-state index >= 15 is 0 Å². The van der Waals surface area contributed by atoms with E-state index in [4.69, 9.17) is 0 Å². The third kappa shape index (κ3) is 2.70. The molecular weight excluding hydrogens is 290 g/mol. The number of hydrogen-bond acceptors (Lipinski definition) is 8. The molecule has 21 heavy (non-hydrogen) atoms. The monoisotopic (exact) mass is 303 g/mol. The Balaban J connectivity index is 1.98. The van der Waals surface area contributed by atoms with Crippen molar-refractivity contribution in [2.45, 2.75) is 17.2 Å². The molecule has 108 valence electrons. The standard InChI is InChI=1S/C11H13N9S/c1-7-17-18-11(19(7)3)21-10-15-8(12-2)14-9(16-10)20-6-4-5-13-20/h4-6H,1-3H3,(H,12,14,15,16). The molecule has 0 radical (unpaired) electrons. The Kier molecular flexibility index (Phi) is 3.52. The fourth-order valence-electron chi connectivity index (χ4n) is 1.55. The Morgan fingerprint density at radius 3 is 2.67 bits per heavy atom. The summed E-state index contributed by atoms with van der Waals surface area (Å²) in [5.41, 5.74) is 0. The van der Waals surface area contributed by atoms with Crippen LogP contribution in [0.25, 0.3) is 5.95 Å². The van der Waals surface area contributed by atoms with Gasteiger partial charge in [0.1, 0.15) is 5.82 Å². The third-order valence-corrected chi connectivity index (χ3v) is 3.67. The van der Waals surface area contributed by atoms with Crippen molar-refractivity contribution >= 4 is 17.7 Å². The topological polar surface area (TPSA) is 99.2 Å². The van der Waals surface area contributed by atoms with E-state index in [1.165, 1.54) is 11.8 Å². The summed E-state index contributed by atoms with van der Waals surface area (Å²) in [7, 11) is 3.65. The van der Waals surface area contributed by atoms with E-state index in [-0.39, 0.29) is 0 Å². The van der Waals surface area contributed by atoms with Crippen molar-refractivity contribution < 1.29 is 0 Å². The lowest BCUT2D eigenvalue weighted by Crippen LogP contribution is -2.08. The highest BCUT2D eigenvalue weighted by Gasteiger charge is 2.13. The van der Waals surface area contributed by atoms with Crippen LogP contribution in [-0.2, 0) is 7.05 Å². The highest BCUT2D eigenvalue weighted by atomic mass is 32.2. The fraction of sp³-hybridized carbons (Fsp3) is 0.273. The first-order chi connectivity index (χ1) is 10.2. The molecule has 3 rings (SSSR count). The number of nitrogens with one attached hydrogen (secondary N) is 1. The summed E-state index contributed by atoms with van der Waals surface area (Å²) < 4.78 is 3.45. The molecule has 0 aliphatic carbocycles. The minimum Gasteiger partial charge on any atom is -0.357 e. The first kappa shape index (κ1) is 13.5. The van der Waals surface area contributed by atoms with Crippen molar-refractivity contribution in [3.05, 3.63) is 24.3 Å². The first-order valence-electron chi connectivity index (χ1n) is 6.15. The minimum absolute atomic E-state index is 0.445. The van der Waals surface area contributed by atoms with E-state index < -0.39 is 0 Å². The predicted molar refractivity (Wildman–Crippen MR) is 76.4 cm³/mol. The molecule has 3 aromatic heterocycles. The van der Waals surface area contributed by atoms with Crippen LogP contribution in [0.1, 0.15) is 5.82 Å². The molecule has 9 nitrogen and oxygen atoms in total. The van der Waals surface area contributed by atoms with Gasteiger partial charge >= 0.3 is 0 Å². The Morgan fingerprint density at radius 2 is 2.05 bits per heavy atom. The molecular formula is C11H13N9S. The zero-order valence-corrected chi connectivity index (χ0v) is 12.5. The maximum absolute atomic E-state index is 4.39. The number of aromatic nitrogens is 8. The van der Waals surface area contributed by atoms with Gasteiger partial charge in [-0.25, -0.2) is 4.68 Å². The lowest BCUT2D eigenvalue weighted by molar-refractivity contribution is 0.746. The Hall–Kier alpha value is -2.49. The lowest BCUT2D eigenvalue weighted by atomic mass is 10.7. The van der Waals surface area contributed by atoms with Gasteiger partial charge in [-0.2, -0.15) is 20.1 Å². The molecule has 0 fully saturated rings. The van der Waals surface area contributed by atoms with Gasteiger partial charge in [-0.05, 0) is 24.8 Å². The van der Waals surface area contributed by atoms with Gasteiger partial charge < -0.3 is 9.88 Å². The molecule has 0 aliphatic rings. The van der Waals surface area contributed by atoms with Crippen molar-refractivity contribution in [1.29, 1.82) is 0 Å². The predicted octanol–water partition coefficient (Wildman–Crippen LogP) is 0.687. The number of rotatable bonds is 4. The van der Waals surface area contributed by atoms with E-state index in [0.717, 1.165) is 5.82 Å². The third-order valence-electron chi connectivity index (χ3n) is 2.77. The molecule has 0 aliphatic heterocycles. The zero-order chi connectivity index (χ0) is 14.8. The van der Waals surface area contributed by atoms with E-state index in [1.54, 1.807) is 24.1 Å². The van der Waals surface area contributed by atoms with Crippen molar-refractivity contribution in [2.75, 3.05) is 12.4 Å². The van der Waals surface area contributed by atoms with Crippen LogP contribution < -0.4 is 5.32 Å². The molecule has 0 spiro atoms. The van der Waals surface area contributed by atoms with Gasteiger partial charge in [0.25, 0.3) is 5.95 Å². The SMILES string of the molecule is CNc1nc(Sc2nnc(C)n2C)nc(-n2cccn2)n1. The van der Waals surface area contributed by atoms with Crippen molar-refractivity contribution in [1.82, 2.24) is 39.5 Å². The smallest absolute Gasteiger partial charge is 0.256 e. The Morgan fingerprint density at radius 1 is 1.19 bits per heavy atom. The second-order valence-electron chi connectivity index (χ2n) is 4.13. The maximum atomic E-state index is 4.39. The van der Waals surface area contributed by atoms with Gasteiger partial charge in [0.15, 0.2) is 5.16 Å². The first-order valence-corrected chi connectivity index (χ1v) is 6.96. The molecule has 0 atom stereocenters. The highest BCUT2D eigenvalue weighted by Crippen LogP contribution is 2.23. The largest absolute Gasteiger partial charge is 0.357 e. The van der Waals surface area contributed by atoms with Crippen LogP contribution >= 0.6 is 11.8 Å². The van der Waals surface area contributed by atoms with E-state index in [2.05, 4.69) is 35.6 Å². The summed E-state index contributed by atoms with van der Waals surface area (Å²) in [6, 6.07) is 1.81. The highest BCUT2D eigenvalue weighted by molar-refractivity contribution is 7.99. The molecule has 0 bridgehead atoms. The minimum atomic E-state index is 0.445. The molecule has 1 N–H and O–H groups in total. The summed E-state index contributed by atoms with van der Waals surface area (Å²) in [4.78, 5) is 13.0. The number of anilines is 1. The van der Waals surface area contributed by atoms with Crippen LogP contribution in [0.15, 0.2) is 28.8 Å². The lowest BCUT2D eigenvalue weighted by Gasteiger charge is -2.06. The summed E-state index contributed by atoms with van der Waals surface area (Å²) in [6.07, 6.45) is 3.44. The van der Waals surface area contributed by atoms with Gasteiger partial charge in [0.05, 0.1) is 0 Å². The van der Waals surface area contributed by atoms with Crippen LogP contribution in [0, 0.1) is 6.92 Å². The van der Waals surface area contributed by atoms with Gasteiger partial charge in [-0.1, -0.05) is 0 Å². The van der Waals surface area contributed by atoms with Gasteiger partial charge in [0, 0.05) is 26.5 Å². The van der Waals surface area contributed by atoms with Crippen molar-refractivity contribution in [2.24, 2.45) is 7.05 Å². The molecule has 0 saturated heterocycles. The second-order valence-corrected chi connectivity index (χ2v) is 5.07. The van der Waals surface area contributed by atoms with Gasteiger partial charge in [0.2, 0.25) is 11.1 Å². The van der Waals surface area contributed by atoms with E-state index in [0.29, 0.717) is 22.2 Å². The summed E-state index contributed by atoms with van der Waals surface area (Å²) in [5.74, 6) is 1.74. The normalized spacial score (nSPS) is 10.8. The van der Waals surface area contributed by atoms with Gasteiger partial charge in [-0.3, -0.25) is 0 Å². The second kappa shape index (κ2) is 5.48. The van der Waals surface area contributed by atoms with Crippen LogP contribution in [0.4, 0.5) is 5.95 Å². The molecule has 0 amide bonds. The Labute approximate surface area is 124 Å². The Bertz CT molecular complexity index is 749. The molecule has 0 unspecified atom stereocenters. The molecule has 0 saturated carbocycles. The van der Waals surface area contributed by atoms with Crippen molar-refractivity contribution in [3.8, 4) is 5.95 Å². The van der Waals surface area contributed by atoms with E-state index in [1.807, 2.05) is 24.6 Å². The quantitative estimate of drug-likeness (QED) is 0.751.